The van der Waals surface area contributed by atoms with Crippen LogP contribution in [0.3, 0.4) is 0 Å². The van der Waals surface area contributed by atoms with Crippen LogP contribution in [-0.2, 0) is 0 Å². The van der Waals surface area contributed by atoms with Crippen molar-refractivity contribution in [2.75, 3.05) is 0 Å². The summed E-state index contributed by atoms with van der Waals surface area (Å²) in [6.07, 6.45) is 0. The Balaban J connectivity index is 2.43. The average molecular weight is 354 g/mol. The number of fused-ring (bicyclic) bond motifs is 1. The van der Waals surface area contributed by atoms with E-state index in [4.69, 9.17) is 4.42 Å². The molecular formula is C14H6BrF2NO3. The van der Waals surface area contributed by atoms with Crippen molar-refractivity contribution >= 4 is 26.9 Å². The highest BCUT2D eigenvalue weighted by atomic mass is 79.9. The van der Waals surface area contributed by atoms with Crippen LogP contribution >= 0.6 is 15.9 Å². The highest BCUT2D eigenvalue weighted by molar-refractivity contribution is 9.10. The fraction of sp³-hybridized carbons (Fsp3) is 0. The van der Waals surface area contributed by atoms with Crippen molar-refractivity contribution in [2.24, 2.45) is 0 Å². The lowest BCUT2D eigenvalue weighted by Crippen LogP contribution is -2.31. The molecule has 1 aromatic heterocycles. The summed E-state index contributed by atoms with van der Waals surface area (Å²) in [5, 5.41) is 0.104. The van der Waals surface area contributed by atoms with Gasteiger partial charge in [0, 0.05) is 10.5 Å². The number of aromatic nitrogens is 1. The minimum absolute atomic E-state index is 0.0898. The maximum atomic E-state index is 13.8. The van der Waals surface area contributed by atoms with Gasteiger partial charge in [-0.3, -0.25) is 4.79 Å². The summed E-state index contributed by atoms with van der Waals surface area (Å²) in [6.45, 7) is 0. The Bertz CT molecular complexity index is 978. The lowest BCUT2D eigenvalue weighted by Gasteiger charge is -2.06. The molecule has 3 aromatic rings. The molecule has 4 nitrogen and oxygen atoms in total. The van der Waals surface area contributed by atoms with Gasteiger partial charge in [0.1, 0.15) is 17.2 Å². The molecule has 2 aromatic carbocycles. The second-order valence-electron chi connectivity index (χ2n) is 4.24. The fourth-order valence-corrected chi connectivity index (χ4v) is 2.33. The molecule has 0 atom stereocenters. The van der Waals surface area contributed by atoms with Crippen LogP contribution in [0.25, 0.3) is 16.7 Å². The van der Waals surface area contributed by atoms with Crippen molar-refractivity contribution in [3.63, 3.8) is 0 Å². The summed E-state index contributed by atoms with van der Waals surface area (Å²) in [4.78, 5) is 24.3. The van der Waals surface area contributed by atoms with Gasteiger partial charge >= 0.3 is 5.76 Å². The Hall–Kier alpha value is -2.28. The second kappa shape index (κ2) is 4.92. The van der Waals surface area contributed by atoms with Crippen LogP contribution in [0.15, 0.2) is 54.9 Å². The molecule has 0 aliphatic rings. The molecule has 0 unspecified atom stereocenters. The van der Waals surface area contributed by atoms with Crippen LogP contribution < -0.4 is 11.3 Å². The zero-order valence-corrected chi connectivity index (χ0v) is 11.9. The molecule has 0 N–H and O–H groups in total. The van der Waals surface area contributed by atoms with Crippen LogP contribution in [0.4, 0.5) is 8.78 Å². The van der Waals surface area contributed by atoms with E-state index >= 15 is 0 Å². The summed E-state index contributed by atoms with van der Waals surface area (Å²) in [5.74, 6) is -2.88. The van der Waals surface area contributed by atoms with Crippen LogP contribution in [-0.4, -0.2) is 4.57 Å². The van der Waals surface area contributed by atoms with Gasteiger partial charge in [0.2, 0.25) is 0 Å². The standard InChI is InChI=1S/C14H6BrF2NO3/c15-7-1-4-12-9(5-7)13(19)18(14(20)21-12)11-3-2-8(16)6-10(11)17/h1-6H. The monoisotopic (exact) mass is 353 g/mol. The zero-order chi connectivity index (χ0) is 15.1. The fourth-order valence-electron chi connectivity index (χ4n) is 1.97. The van der Waals surface area contributed by atoms with E-state index in [0.717, 1.165) is 12.1 Å². The molecule has 0 radical (unpaired) electrons. The predicted octanol–water partition coefficient (Wildman–Crippen LogP) is 2.98. The maximum Gasteiger partial charge on any atom is 0.427 e. The number of nitrogens with zero attached hydrogens (tertiary/aromatic N) is 1. The molecule has 0 fully saturated rings. The Morgan fingerprint density at radius 1 is 1.05 bits per heavy atom. The van der Waals surface area contributed by atoms with Crippen molar-refractivity contribution in [2.45, 2.75) is 0 Å². The van der Waals surface area contributed by atoms with Crippen molar-refractivity contribution in [3.05, 3.63) is 73.4 Å². The van der Waals surface area contributed by atoms with E-state index in [0.29, 0.717) is 15.1 Å². The topological polar surface area (TPSA) is 52.2 Å². The van der Waals surface area contributed by atoms with E-state index in [1.165, 1.54) is 12.1 Å². The Labute approximate surface area is 124 Å². The SMILES string of the molecule is O=c1oc2ccc(Br)cc2c(=O)n1-c1ccc(F)cc1F. The van der Waals surface area contributed by atoms with Crippen LogP contribution in [0.5, 0.6) is 0 Å². The van der Waals surface area contributed by atoms with E-state index in [2.05, 4.69) is 15.9 Å². The lowest BCUT2D eigenvalue weighted by molar-refractivity contribution is 0.494. The highest BCUT2D eigenvalue weighted by Crippen LogP contribution is 2.17. The molecule has 21 heavy (non-hydrogen) atoms. The predicted molar refractivity (Wildman–Crippen MR) is 75.7 cm³/mol. The third-order valence-corrected chi connectivity index (χ3v) is 3.40. The number of hydrogen-bond acceptors (Lipinski definition) is 3. The van der Waals surface area contributed by atoms with Gasteiger partial charge in [-0.05, 0) is 30.3 Å². The number of rotatable bonds is 1. The van der Waals surface area contributed by atoms with Gasteiger partial charge in [0.05, 0.1) is 11.1 Å². The molecule has 0 bridgehead atoms. The summed E-state index contributed by atoms with van der Waals surface area (Å²) < 4.78 is 32.9. The highest BCUT2D eigenvalue weighted by Gasteiger charge is 2.15. The van der Waals surface area contributed by atoms with E-state index in [1.54, 1.807) is 6.07 Å². The molecule has 106 valence electrons. The second-order valence-corrected chi connectivity index (χ2v) is 5.16. The normalized spacial score (nSPS) is 11.0. The summed E-state index contributed by atoms with van der Waals surface area (Å²) in [7, 11) is 0. The van der Waals surface area contributed by atoms with Crippen LogP contribution in [0.1, 0.15) is 0 Å². The van der Waals surface area contributed by atoms with Gasteiger partial charge < -0.3 is 4.42 Å². The molecule has 0 amide bonds. The van der Waals surface area contributed by atoms with Crippen molar-refractivity contribution in [3.8, 4) is 5.69 Å². The zero-order valence-electron chi connectivity index (χ0n) is 10.3. The maximum absolute atomic E-state index is 13.8. The van der Waals surface area contributed by atoms with Gasteiger partial charge in [-0.25, -0.2) is 18.1 Å². The minimum Gasteiger partial charge on any atom is -0.409 e. The van der Waals surface area contributed by atoms with Gasteiger partial charge in [0.15, 0.2) is 0 Å². The average Bonchev–Trinajstić information content (AvgIpc) is 2.42. The third-order valence-electron chi connectivity index (χ3n) is 2.91. The van der Waals surface area contributed by atoms with Gasteiger partial charge in [-0.2, -0.15) is 0 Å². The molecular weight excluding hydrogens is 348 g/mol. The van der Waals surface area contributed by atoms with Gasteiger partial charge in [-0.15, -0.1) is 0 Å². The molecule has 7 heteroatoms. The first-order chi connectivity index (χ1) is 9.97. The van der Waals surface area contributed by atoms with Gasteiger partial charge in [0.25, 0.3) is 5.56 Å². The molecule has 0 aliphatic heterocycles. The first kappa shape index (κ1) is 13.7. The van der Waals surface area contributed by atoms with E-state index < -0.39 is 22.9 Å². The van der Waals surface area contributed by atoms with E-state index in [1.807, 2.05) is 0 Å². The third kappa shape index (κ3) is 2.29. The largest absolute Gasteiger partial charge is 0.427 e. The number of hydrogen-bond donors (Lipinski definition) is 0. The Morgan fingerprint density at radius 2 is 1.81 bits per heavy atom. The number of halogens is 3. The van der Waals surface area contributed by atoms with Crippen LogP contribution in [0.2, 0.25) is 0 Å². The molecule has 0 aliphatic carbocycles. The molecule has 0 spiro atoms. The first-order valence-electron chi connectivity index (χ1n) is 5.78. The molecule has 1 heterocycles. The quantitative estimate of drug-likeness (QED) is 0.675. The minimum atomic E-state index is -1.04. The summed E-state index contributed by atoms with van der Waals surface area (Å²) in [6, 6.07) is 7.06. The van der Waals surface area contributed by atoms with Crippen molar-refractivity contribution in [1.82, 2.24) is 4.57 Å². The van der Waals surface area contributed by atoms with Crippen molar-refractivity contribution < 1.29 is 13.2 Å². The smallest absolute Gasteiger partial charge is 0.409 e. The Morgan fingerprint density at radius 3 is 2.52 bits per heavy atom. The first-order valence-corrected chi connectivity index (χ1v) is 6.57. The molecule has 0 saturated carbocycles. The lowest BCUT2D eigenvalue weighted by atomic mass is 10.2. The molecule has 3 rings (SSSR count). The summed E-state index contributed by atoms with van der Waals surface area (Å²) in [5.41, 5.74) is -1.02. The van der Waals surface area contributed by atoms with E-state index in [-0.39, 0.29) is 16.7 Å². The van der Waals surface area contributed by atoms with Gasteiger partial charge in [-0.1, -0.05) is 15.9 Å². The summed E-state index contributed by atoms with van der Waals surface area (Å²) >= 11 is 3.20. The molecule has 0 saturated heterocycles. The Kier molecular flexibility index (Phi) is 3.21. The number of benzene rings is 2. The van der Waals surface area contributed by atoms with E-state index in [9.17, 15) is 18.4 Å². The van der Waals surface area contributed by atoms with Crippen LogP contribution in [0, 0.1) is 11.6 Å². The van der Waals surface area contributed by atoms with Crippen molar-refractivity contribution in [1.29, 1.82) is 0 Å².